The van der Waals surface area contributed by atoms with Crippen molar-refractivity contribution in [1.82, 2.24) is 10.6 Å². The van der Waals surface area contributed by atoms with E-state index in [-0.39, 0.29) is 36.4 Å². The van der Waals surface area contributed by atoms with Crippen LogP contribution in [0.1, 0.15) is 12.5 Å². The molecule has 0 aliphatic carbocycles. The van der Waals surface area contributed by atoms with Gasteiger partial charge in [0.25, 0.3) is 0 Å². The number of halogens is 2. The zero-order valence-corrected chi connectivity index (χ0v) is 17.8. The van der Waals surface area contributed by atoms with Gasteiger partial charge in [0.15, 0.2) is 5.96 Å². The molecule has 0 aliphatic rings. The molecule has 0 radical (unpaired) electrons. The highest BCUT2D eigenvalue weighted by molar-refractivity contribution is 14.0. The van der Waals surface area contributed by atoms with Crippen LogP contribution in [0.25, 0.3) is 0 Å². The molecule has 2 aromatic carbocycles. The molecule has 140 valence electrons. The maximum atomic E-state index is 12.0. The summed E-state index contributed by atoms with van der Waals surface area (Å²) in [6, 6.07) is 17.1. The van der Waals surface area contributed by atoms with Crippen LogP contribution in [0.5, 0.6) is 0 Å². The molecule has 0 aromatic heterocycles. The normalized spacial score (nSPS) is 10.6. The Hall–Kier alpha value is -1.80. The first-order chi connectivity index (χ1) is 12.2. The van der Waals surface area contributed by atoms with Crippen molar-refractivity contribution in [2.24, 2.45) is 4.99 Å². The largest absolute Gasteiger partial charge is 0.357 e. The second kappa shape index (κ2) is 12.5. The number of guanidine groups is 1. The van der Waals surface area contributed by atoms with Crippen molar-refractivity contribution in [2.45, 2.75) is 13.3 Å². The van der Waals surface area contributed by atoms with Gasteiger partial charge in [-0.25, -0.2) is 4.99 Å². The van der Waals surface area contributed by atoms with E-state index >= 15 is 0 Å². The van der Waals surface area contributed by atoms with E-state index in [1.165, 1.54) is 5.56 Å². The van der Waals surface area contributed by atoms with Gasteiger partial charge in [0, 0.05) is 23.8 Å². The number of carbonyl (C=O) groups excluding carboxylic acids is 1. The summed E-state index contributed by atoms with van der Waals surface area (Å²) in [7, 11) is 0. The van der Waals surface area contributed by atoms with Gasteiger partial charge in [0.2, 0.25) is 5.91 Å². The van der Waals surface area contributed by atoms with Crippen LogP contribution in [0.2, 0.25) is 5.02 Å². The van der Waals surface area contributed by atoms with Gasteiger partial charge in [0.05, 0.1) is 0 Å². The van der Waals surface area contributed by atoms with Crippen LogP contribution in [0.3, 0.4) is 0 Å². The van der Waals surface area contributed by atoms with Crippen molar-refractivity contribution >= 4 is 53.1 Å². The lowest BCUT2D eigenvalue weighted by atomic mass is 10.1. The van der Waals surface area contributed by atoms with Gasteiger partial charge in [0.1, 0.15) is 6.54 Å². The van der Waals surface area contributed by atoms with E-state index in [0.29, 0.717) is 12.5 Å². The first-order valence-electron chi connectivity index (χ1n) is 8.29. The van der Waals surface area contributed by atoms with Crippen LogP contribution in [0.4, 0.5) is 5.69 Å². The highest BCUT2D eigenvalue weighted by atomic mass is 127. The maximum absolute atomic E-state index is 12.0. The quantitative estimate of drug-likeness (QED) is 0.318. The zero-order chi connectivity index (χ0) is 17.9. The van der Waals surface area contributed by atoms with Crippen LogP contribution >= 0.6 is 35.6 Å². The summed E-state index contributed by atoms with van der Waals surface area (Å²) < 4.78 is 0. The number of nitrogens with zero attached hydrogens (tertiary/aromatic N) is 1. The standard InChI is InChI=1S/C19H23ClN4O.HI/c1-2-21-19(22-13-12-15-8-10-16(20)11-9-15)23-14-18(25)24-17-6-4-3-5-7-17;/h3-11H,2,12-14H2,1H3,(H,24,25)(H2,21,22,23);1H. The molecule has 0 spiro atoms. The number of anilines is 1. The van der Waals surface area contributed by atoms with E-state index in [0.717, 1.165) is 23.7 Å². The molecule has 26 heavy (non-hydrogen) atoms. The van der Waals surface area contributed by atoms with Crippen molar-refractivity contribution in [3.05, 3.63) is 65.2 Å². The van der Waals surface area contributed by atoms with Crippen LogP contribution in [-0.2, 0) is 11.2 Å². The first kappa shape index (κ1) is 22.2. The Labute approximate surface area is 176 Å². The molecule has 0 heterocycles. The highest BCUT2D eigenvalue weighted by Gasteiger charge is 2.03. The Bertz CT molecular complexity index is 692. The van der Waals surface area contributed by atoms with Crippen molar-refractivity contribution < 1.29 is 4.79 Å². The number of hydrogen-bond donors (Lipinski definition) is 3. The van der Waals surface area contributed by atoms with Gasteiger partial charge in [-0.3, -0.25) is 4.79 Å². The first-order valence-corrected chi connectivity index (χ1v) is 8.66. The molecule has 0 fully saturated rings. The van der Waals surface area contributed by atoms with Gasteiger partial charge in [-0.2, -0.15) is 0 Å². The second-order valence-corrected chi connectivity index (χ2v) is 5.85. The molecule has 0 atom stereocenters. The third kappa shape index (κ3) is 8.53. The Morgan fingerprint density at radius 3 is 2.38 bits per heavy atom. The van der Waals surface area contributed by atoms with Gasteiger partial charge >= 0.3 is 0 Å². The molecule has 0 aliphatic heterocycles. The van der Waals surface area contributed by atoms with Gasteiger partial charge in [-0.05, 0) is 43.2 Å². The number of nitrogens with one attached hydrogen (secondary N) is 3. The summed E-state index contributed by atoms with van der Waals surface area (Å²) in [4.78, 5) is 16.3. The molecule has 3 N–H and O–H groups in total. The maximum Gasteiger partial charge on any atom is 0.246 e. The SMILES string of the molecule is CCNC(=NCC(=O)Nc1ccccc1)NCCc1ccc(Cl)cc1.I. The summed E-state index contributed by atoms with van der Waals surface area (Å²) in [6.45, 7) is 3.49. The average Bonchev–Trinajstić information content (AvgIpc) is 2.62. The zero-order valence-electron chi connectivity index (χ0n) is 14.7. The molecule has 0 bridgehead atoms. The Morgan fingerprint density at radius 1 is 1.04 bits per heavy atom. The lowest BCUT2D eigenvalue weighted by Gasteiger charge is -2.11. The third-order valence-electron chi connectivity index (χ3n) is 3.40. The Morgan fingerprint density at radius 2 is 1.73 bits per heavy atom. The molecule has 1 amide bonds. The van der Waals surface area contributed by atoms with Gasteiger partial charge in [-0.1, -0.05) is 41.9 Å². The van der Waals surface area contributed by atoms with Gasteiger partial charge < -0.3 is 16.0 Å². The molecular formula is C19H24ClIN4O. The molecule has 5 nitrogen and oxygen atoms in total. The summed E-state index contributed by atoms with van der Waals surface area (Å²) in [5.74, 6) is 0.473. The number of para-hydroxylation sites is 1. The van der Waals surface area contributed by atoms with Crippen LogP contribution < -0.4 is 16.0 Å². The number of benzene rings is 2. The molecule has 0 saturated carbocycles. The average molecular weight is 487 g/mol. The van der Waals surface area contributed by atoms with Crippen molar-refractivity contribution in [1.29, 1.82) is 0 Å². The fourth-order valence-electron chi connectivity index (χ4n) is 2.19. The molecule has 0 saturated heterocycles. The number of amides is 1. The lowest BCUT2D eigenvalue weighted by molar-refractivity contribution is -0.114. The number of hydrogen-bond acceptors (Lipinski definition) is 2. The second-order valence-electron chi connectivity index (χ2n) is 5.41. The van der Waals surface area contributed by atoms with E-state index in [1.807, 2.05) is 61.5 Å². The van der Waals surface area contributed by atoms with E-state index in [2.05, 4.69) is 20.9 Å². The molecular weight excluding hydrogens is 463 g/mol. The number of aliphatic imine (C=N–C) groups is 1. The minimum Gasteiger partial charge on any atom is -0.357 e. The van der Waals surface area contributed by atoms with E-state index < -0.39 is 0 Å². The highest BCUT2D eigenvalue weighted by Crippen LogP contribution is 2.09. The van der Waals surface area contributed by atoms with Crippen molar-refractivity contribution in [3.8, 4) is 0 Å². The topological polar surface area (TPSA) is 65.5 Å². The lowest BCUT2D eigenvalue weighted by Crippen LogP contribution is -2.39. The summed E-state index contributed by atoms with van der Waals surface area (Å²) in [5, 5.41) is 9.91. The third-order valence-corrected chi connectivity index (χ3v) is 3.65. The predicted octanol–water partition coefficient (Wildman–Crippen LogP) is 3.69. The molecule has 2 aromatic rings. The van der Waals surface area contributed by atoms with E-state index in [1.54, 1.807) is 0 Å². The Kier molecular flexibility index (Phi) is 10.7. The molecule has 2 rings (SSSR count). The minimum atomic E-state index is -0.152. The summed E-state index contributed by atoms with van der Waals surface area (Å²) in [5.41, 5.74) is 1.96. The Balaban J connectivity index is 0.00000338. The molecule has 7 heteroatoms. The fourth-order valence-corrected chi connectivity index (χ4v) is 2.32. The number of carbonyl (C=O) groups is 1. The van der Waals surface area contributed by atoms with Gasteiger partial charge in [-0.15, -0.1) is 24.0 Å². The van der Waals surface area contributed by atoms with E-state index in [4.69, 9.17) is 11.6 Å². The molecule has 0 unspecified atom stereocenters. The summed E-state index contributed by atoms with van der Waals surface area (Å²) >= 11 is 5.88. The predicted molar refractivity (Wildman–Crippen MR) is 120 cm³/mol. The van der Waals surface area contributed by atoms with Crippen LogP contribution in [0.15, 0.2) is 59.6 Å². The number of rotatable bonds is 7. The monoisotopic (exact) mass is 486 g/mol. The smallest absolute Gasteiger partial charge is 0.246 e. The fraction of sp³-hybridized carbons (Fsp3) is 0.263. The van der Waals surface area contributed by atoms with Crippen molar-refractivity contribution in [3.63, 3.8) is 0 Å². The van der Waals surface area contributed by atoms with E-state index in [9.17, 15) is 4.79 Å². The minimum absolute atomic E-state index is 0. The van der Waals surface area contributed by atoms with Crippen LogP contribution in [-0.4, -0.2) is 31.5 Å². The van der Waals surface area contributed by atoms with Crippen LogP contribution in [0, 0.1) is 0 Å². The summed E-state index contributed by atoms with van der Waals surface area (Å²) in [6.07, 6.45) is 0.845. The van der Waals surface area contributed by atoms with Crippen molar-refractivity contribution in [2.75, 3.05) is 25.0 Å².